The zero-order valence-corrected chi connectivity index (χ0v) is 9.96. The van der Waals surface area contributed by atoms with Gasteiger partial charge in [-0.25, -0.2) is 4.39 Å². The van der Waals surface area contributed by atoms with E-state index in [2.05, 4.69) is 15.5 Å². The summed E-state index contributed by atoms with van der Waals surface area (Å²) < 4.78 is 18.1. The average Bonchev–Trinajstić information content (AvgIpc) is 2.79. The molecule has 2 aromatic rings. The molecule has 0 bridgehead atoms. The quantitative estimate of drug-likeness (QED) is 0.911. The van der Waals surface area contributed by atoms with Crippen LogP contribution in [0.25, 0.3) is 11.5 Å². The molecule has 0 atom stereocenters. The number of halogens is 2. The molecule has 0 aliphatic heterocycles. The lowest BCUT2D eigenvalue weighted by molar-refractivity contribution is 0.422. The third-order valence-corrected chi connectivity index (χ3v) is 2.52. The molecule has 6 heteroatoms. The SMILES string of the molecule is CNCCc1noc(-c2ccc(F)c(Cl)c2)n1. The van der Waals surface area contributed by atoms with Crippen molar-refractivity contribution in [3.8, 4) is 11.5 Å². The van der Waals surface area contributed by atoms with Crippen molar-refractivity contribution < 1.29 is 8.91 Å². The Bertz CT molecular complexity index is 515. The molecule has 1 aromatic heterocycles. The fourth-order valence-electron chi connectivity index (χ4n) is 1.34. The number of likely N-dealkylation sites (N-methyl/N-ethyl adjacent to an activating group) is 1. The van der Waals surface area contributed by atoms with Crippen LogP contribution in [0.3, 0.4) is 0 Å². The van der Waals surface area contributed by atoms with E-state index in [4.69, 9.17) is 16.1 Å². The van der Waals surface area contributed by atoms with Gasteiger partial charge in [-0.1, -0.05) is 16.8 Å². The third-order valence-electron chi connectivity index (χ3n) is 2.23. The second-order valence-corrected chi connectivity index (χ2v) is 3.91. The van der Waals surface area contributed by atoms with E-state index in [9.17, 15) is 4.39 Å². The van der Waals surface area contributed by atoms with Crippen LogP contribution in [0, 0.1) is 5.82 Å². The summed E-state index contributed by atoms with van der Waals surface area (Å²) in [6.07, 6.45) is 0.676. The van der Waals surface area contributed by atoms with Crippen LogP contribution in [0.15, 0.2) is 22.7 Å². The van der Waals surface area contributed by atoms with Gasteiger partial charge in [0, 0.05) is 18.5 Å². The second kappa shape index (κ2) is 5.25. The van der Waals surface area contributed by atoms with Crippen LogP contribution in [-0.2, 0) is 6.42 Å². The molecule has 0 aliphatic carbocycles. The van der Waals surface area contributed by atoms with Crippen LogP contribution in [0.1, 0.15) is 5.82 Å². The van der Waals surface area contributed by atoms with Crippen molar-refractivity contribution in [2.24, 2.45) is 0 Å². The van der Waals surface area contributed by atoms with E-state index < -0.39 is 5.82 Å². The fraction of sp³-hybridized carbons (Fsp3) is 0.273. The minimum atomic E-state index is -0.467. The first-order chi connectivity index (χ1) is 8.20. The Morgan fingerprint density at radius 1 is 1.47 bits per heavy atom. The number of hydrogen-bond acceptors (Lipinski definition) is 4. The molecule has 1 N–H and O–H groups in total. The minimum Gasteiger partial charge on any atom is -0.334 e. The van der Waals surface area contributed by atoms with Gasteiger partial charge in [0.15, 0.2) is 5.82 Å². The van der Waals surface area contributed by atoms with Crippen molar-refractivity contribution in [2.75, 3.05) is 13.6 Å². The molecule has 2 rings (SSSR count). The highest BCUT2D eigenvalue weighted by molar-refractivity contribution is 6.31. The Morgan fingerprint density at radius 2 is 2.29 bits per heavy atom. The van der Waals surface area contributed by atoms with Gasteiger partial charge >= 0.3 is 0 Å². The first-order valence-electron chi connectivity index (χ1n) is 5.13. The molecule has 0 saturated carbocycles. The normalized spacial score (nSPS) is 10.8. The molecule has 0 unspecified atom stereocenters. The summed E-state index contributed by atoms with van der Waals surface area (Å²) in [5.74, 6) is 0.484. The number of hydrogen-bond donors (Lipinski definition) is 1. The lowest BCUT2D eigenvalue weighted by atomic mass is 10.2. The van der Waals surface area contributed by atoms with E-state index in [-0.39, 0.29) is 5.02 Å². The Hall–Kier alpha value is -1.46. The van der Waals surface area contributed by atoms with Crippen LogP contribution in [0.2, 0.25) is 5.02 Å². The van der Waals surface area contributed by atoms with Crippen molar-refractivity contribution in [2.45, 2.75) is 6.42 Å². The highest BCUT2D eigenvalue weighted by Crippen LogP contribution is 2.23. The van der Waals surface area contributed by atoms with Gasteiger partial charge in [-0.05, 0) is 25.2 Å². The Balaban J connectivity index is 2.21. The van der Waals surface area contributed by atoms with Crippen LogP contribution < -0.4 is 5.32 Å². The maximum Gasteiger partial charge on any atom is 0.257 e. The van der Waals surface area contributed by atoms with Crippen LogP contribution in [-0.4, -0.2) is 23.7 Å². The summed E-state index contributed by atoms with van der Waals surface area (Å²) in [6.45, 7) is 0.767. The molecule has 0 spiro atoms. The highest BCUT2D eigenvalue weighted by Gasteiger charge is 2.10. The Morgan fingerprint density at radius 3 is 3.00 bits per heavy atom. The summed E-state index contributed by atoms with van der Waals surface area (Å²) in [5, 5.41) is 6.85. The van der Waals surface area contributed by atoms with Gasteiger partial charge in [0.2, 0.25) is 0 Å². The maximum absolute atomic E-state index is 13.0. The zero-order valence-electron chi connectivity index (χ0n) is 9.20. The molecule has 90 valence electrons. The molecule has 0 saturated heterocycles. The first kappa shape index (κ1) is 12.0. The summed E-state index contributed by atoms with van der Waals surface area (Å²) in [7, 11) is 1.85. The van der Waals surface area contributed by atoms with E-state index in [0.29, 0.717) is 23.7 Å². The summed E-state index contributed by atoms with van der Waals surface area (Å²) in [6, 6.07) is 4.29. The molecular formula is C11H11ClFN3O. The monoisotopic (exact) mass is 255 g/mol. The van der Waals surface area contributed by atoms with Crippen LogP contribution in [0.5, 0.6) is 0 Å². The number of nitrogens with one attached hydrogen (secondary N) is 1. The van der Waals surface area contributed by atoms with Crippen molar-refractivity contribution in [1.29, 1.82) is 0 Å². The number of aromatic nitrogens is 2. The zero-order chi connectivity index (χ0) is 12.3. The molecule has 0 radical (unpaired) electrons. The summed E-state index contributed by atoms with van der Waals surface area (Å²) in [4.78, 5) is 4.19. The number of benzene rings is 1. The fourth-order valence-corrected chi connectivity index (χ4v) is 1.52. The predicted molar refractivity (Wildman–Crippen MR) is 62.3 cm³/mol. The van der Waals surface area contributed by atoms with Crippen molar-refractivity contribution >= 4 is 11.6 Å². The van der Waals surface area contributed by atoms with Gasteiger partial charge in [-0.2, -0.15) is 4.98 Å². The number of rotatable bonds is 4. The predicted octanol–water partition coefficient (Wildman–Crippen LogP) is 2.29. The smallest absolute Gasteiger partial charge is 0.257 e. The molecule has 4 nitrogen and oxygen atoms in total. The largest absolute Gasteiger partial charge is 0.334 e. The van der Waals surface area contributed by atoms with Crippen molar-refractivity contribution in [1.82, 2.24) is 15.5 Å². The lowest BCUT2D eigenvalue weighted by Crippen LogP contribution is -2.10. The van der Waals surface area contributed by atoms with E-state index >= 15 is 0 Å². The molecule has 0 fully saturated rings. The van der Waals surface area contributed by atoms with Gasteiger partial charge in [0.25, 0.3) is 5.89 Å². The van der Waals surface area contributed by atoms with Crippen molar-refractivity contribution in [3.05, 3.63) is 34.9 Å². The van der Waals surface area contributed by atoms with Gasteiger partial charge in [0.05, 0.1) is 5.02 Å². The van der Waals surface area contributed by atoms with E-state index in [1.54, 1.807) is 6.07 Å². The van der Waals surface area contributed by atoms with Crippen LogP contribution in [0.4, 0.5) is 4.39 Å². The third kappa shape index (κ3) is 2.81. The summed E-state index contributed by atoms with van der Waals surface area (Å²) >= 11 is 5.68. The van der Waals surface area contributed by atoms with Gasteiger partial charge in [-0.15, -0.1) is 0 Å². The maximum atomic E-state index is 13.0. The van der Waals surface area contributed by atoms with E-state index in [1.807, 2.05) is 7.05 Å². The summed E-state index contributed by atoms with van der Waals surface area (Å²) in [5.41, 5.74) is 0.611. The van der Waals surface area contributed by atoms with Gasteiger partial charge in [0.1, 0.15) is 5.82 Å². The lowest BCUT2D eigenvalue weighted by Gasteiger charge is -1.96. The Labute approximate surface area is 103 Å². The van der Waals surface area contributed by atoms with Crippen molar-refractivity contribution in [3.63, 3.8) is 0 Å². The standard InChI is InChI=1S/C11H11ClFN3O/c1-14-5-4-10-15-11(17-16-10)7-2-3-9(13)8(12)6-7/h2-3,6,14H,4-5H2,1H3. The average molecular weight is 256 g/mol. The highest BCUT2D eigenvalue weighted by atomic mass is 35.5. The molecule has 0 aliphatic rings. The van der Waals surface area contributed by atoms with Gasteiger partial charge < -0.3 is 9.84 Å². The minimum absolute atomic E-state index is 0.0393. The van der Waals surface area contributed by atoms with E-state index in [0.717, 1.165) is 6.54 Å². The second-order valence-electron chi connectivity index (χ2n) is 3.50. The molecule has 0 amide bonds. The molecule has 1 aromatic carbocycles. The Kier molecular flexibility index (Phi) is 3.71. The number of nitrogens with zero attached hydrogens (tertiary/aromatic N) is 2. The molecule has 1 heterocycles. The van der Waals surface area contributed by atoms with Crippen LogP contribution >= 0.6 is 11.6 Å². The molecule has 17 heavy (non-hydrogen) atoms. The molecular weight excluding hydrogens is 245 g/mol. The van der Waals surface area contributed by atoms with E-state index in [1.165, 1.54) is 12.1 Å². The topological polar surface area (TPSA) is 51.0 Å². The first-order valence-corrected chi connectivity index (χ1v) is 5.51. The van der Waals surface area contributed by atoms with Gasteiger partial charge in [-0.3, -0.25) is 0 Å².